The Morgan fingerprint density at radius 3 is 2.89 bits per heavy atom. The minimum absolute atomic E-state index is 0.00203. The first-order valence-electron chi connectivity index (χ1n) is 13.1. The quantitative estimate of drug-likeness (QED) is 0.589. The van der Waals surface area contributed by atoms with Gasteiger partial charge in [-0.2, -0.15) is 0 Å². The van der Waals surface area contributed by atoms with Gasteiger partial charge in [0, 0.05) is 43.5 Å². The average molecular weight is 481 g/mol. The van der Waals surface area contributed by atoms with Crippen LogP contribution in [0.5, 0.6) is 11.5 Å². The molecule has 0 radical (unpaired) electrons. The molecule has 6 atom stereocenters. The molecule has 2 unspecified atom stereocenters. The number of ketones is 1. The Hall–Kier alpha value is -2.61. The molecule has 1 aliphatic heterocycles. The van der Waals surface area contributed by atoms with E-state index in [0.29, 0.717) is 48.8 Å². The Morgan fingerprint density at radius 2 is 2.11 bits per heavy atom. The van der Waals surface area contributed by atoms with Crippen molar-refractivity contribution in [1.29, 1.82) is 0 Å². The highest BCUT2D eigenvalue weighted by Crippen LogP contribution is 2.81. The molecule has 8 heteroatoms. The number of benzene rings is 1. The number of hydrogen-bond acceptors (Lipinski definition) is 6. The predicted molar refractivity (Wildman–Crippen MR) is 125 cm³/mol. The number of fused-ring (bicyclic) bond motifs is 1. The molecule has 35 heavy (non-hydrogen) atoms. The van der Waals surface area contributed by atoms with Gasteiger partial charge in [-0.25, -0.2) is 4.79 Å². The van der Waals surface area contributed by atoms with E-state index in [1.165, 1.54) is 23.3 Å². The van der Waals surface area contributed by atoms with Gasteiger partial charge in [0.05, 0.1) is 0 Å². The van der Waals surface area contributed by atoms with E-state index in [9.17, 15) is 14.4 Å². The second-order valence-corrected chi connectivity index (χ2v) is 11.8. The zero-order chi connectivity index (χ0) is 24.1. The van der Waals surface area contributed by atoms with Crippen LogP contribution >= 0.6 is 0 Å². The number of aliphatic carboxylic acids is 1. The number of carbonyl (C=O) groups is 3. The number of nitrogens with zero attached hydrogens (tertiary/aromatic N) is 1. The van der Waals surface area contributed by atoms with Crippen LogP contribution < -0.4 is 14.8 Å². The van der Waals surface area contributed by atoms with E-state index in [2.05, 4.69) is 11.4 Å². The van der Waals surface area contributed by atoms with E-state index in [4.69, 9.17) is 14.6 Å². The first-order chi connectivity index (χ1) is 16.8. The van der Waals surface area contributed by atoms with Crippen LogP contribution in [0.3, 0.4) is 0 Å². The van der Waals surface area contributed by atoms with Crippen molar-refractivity contribution in [2.24, 2.45) is 23.2 Å². The maximum absolute atomic E-state index is 13.1. The fourth-order valence-electron chi connectivity index (χ4n) is 8.30. The van der Waals surface area contributed by atoms with Crippen LogP contribution in [0, 0.1) is 23.2 Å². The Bertz CT molecular complexity index is 1150. The highest BCUT2D eigenvalue weighted by molar-refractivity contribution is 5.90. The monoisotopic (exact) mass is 480 g/mol. The van der Waals surface area contributed by atoms with Crippen molar-refractivity contribution >= 4 is 17.8 Å². The summed E-state index contributed by atoms with van der Waals surface area (Å²) in [7, 11) is 1.60. The minimum atomic E-state index is -0.888. The van der Waals surface area contributed by atoms with Gasteiger partial charge in [-0.3, -0.25) is 9.59 Å². The Labute approximate surface area is 204 Å². The Morgan fingerprint density at radius 1 is 1.29 bits per heavy atom. The maximum Gasteiger partial charge on any atom is 0.415 e. The highest BCUT2D eigenvalue weighted by Gasteiger charge is 2.83. The summed E-state index contributed by atoms with van der Waals surface area (Å²) in [4.78, 5) is 38.1. The predicted octanol–water partition coefficient (Wildman–Crippen LogP) is 2.90. The number of hydrogen-bond donors (Lipinski definition) is 2. The van der Waals surface area contributed by atoms with Gasteiger partial charge in [0.1, 0.15) is 0 Å². The fraction of sp³-hybridized carbons (Fsp3) is 0.667. The minimum Gasteiger partial charge on any atom is -0.481 e. The molecule has 1 aromatic carbocycles. The zero-order valence-electron chi connectivity index (χ0n) is 20.0. The highest BCUT2D eigenvalue weighted by atomic mass is 16.6. The number of Topliss-reactive ketones (excluding diaryl/α,β-unsaturated/α-hetero) is 1. The molecule has 0 aromatic heterocycles. The third kappa shape index (κ3) is 2.92. The summed E-state index contributed by atoms with van der Waals surface area (Å²) in [5, 5.41) is 12.8. The summed E-state index contributed by atoms with van der Waals surface area (Å²) >= 11 is 0. The van der Waals surface area contributed by atoms with Crippen LogP contribution in [0.4, 0.5) is 4.79 Å². The molecule has 8 nitrogen and oxygen atoms in total. The van der Waals surface area contributed by atoms with Crippen LogP contribution in [0.25, 0.3) is 0 Å². The zero-order valence-corrected chi connectivity index (χ0v) is 20.0. The SMILES string of the molecule is CN(CCCC(=O)O)C(=O)Oc1ccc2c3c1O[C@H]1C(=O)CC[C@H]4[C@@H]5C(NCC6CC6)C5(C2)C[C@]314. The third-order valence-electron chi connectivity index (χ3n) is 9.86. The number of ether oxygens (including phenoxy) is 2. The standard InChI is InChI=1S/C27H32N2O6/c1-29(10-2-3-19(31)32)25(33)34-18-9-6-15-11-26-13-27-16(21(26)23(26)28-12-14-4-5-14)7-8-17(30)24(27)35-22(18)20(15)27/h6,9,14,16,21,23-24,28H,2-5,7-8,10-13H2,1H3,(H,31,32)/t16-,21+,23?,24-,26?,27-/m0/s1. The van der Waals surface area contributed by atoms with Crippen LogP contribution in [0.1, 0.15) is 56.1 Å². The molecule has 186 valence electrons. The second-order valence-electron chi connectivity index (χ2n) is 11.8. The fourth-order valence-corrected chi connectivity index (χ4v) is 8.30. The summed E-state index contributed by atoms with van der Waals surface area (Å²) in [5.74, 6) is 2.10. The lowest BCUT2D eigenvalue weighted by Crippen LogP contribution is -2.54. The molecule has 2 spiro atoms. The van der Waals surface area contributed by atoms with Crippen LogP contribution in [-0.4, -0.2) is 60.1 Å². The third-order valence-corrected chi connectivity index (χ3v) is 9.86. The van der Waals surface area contributed by atoms with Crippen molar-refractivity contribution in [3.63, 3.8) is 0 Å². The number of carboxylic acids is 1. The van der Waals surface area contributed by atoms with Gasteiger partial charge in [0.25, 0.3) is 0 Å². The second kappa shape index (κ2) is 7.21. The number of carboxylic acid groups (broad SMARTS) is 1. The normalized spacial score (nSPS) is 36.8. The van der Waals surface area contributed by atoms with Crippen LogP contribution in [-0.2, 0) is 21.4 Å². The first kappa shape index (κ1) is 21.7. The smallest absolute Gasteiger partial charge is 0.415 e. The molecular formula is C27H32N2O6. The molecule has 4 fully saturated rings. The molecule has 1 aromatic rings. The summed E-state index contributed by atoms with van der Waals surface area (Å²) in [6.45, 7) is 1.41. The largest absolute Gasteiger partial charge is 0.481 e. The van der Waals surface area contributed by atoms with Crippen molar-refractivity contribution in [3.8, 4) is 11.5 Å². The van der Waals surface area contributed by atoms with Crippen molar-refractivity contribution in [2.45, 2.75) is 68.9 Å². The van der Waals surface area contributed by atoms with E-state index in [1.807, 2.05) is 6.07 Å². The first-order valence-corrected chi connectivity index (χ1v) is 13.1. The van der Waals surface area contributed by atoms with Gasteiger partial charge in [-0.15, -0.1) is 0 Å². The maximum atomic E-state index is 13.1. The number of carbonyl (C=O) groups excluding carboxylic acids is 2. The summed E-state index contributed by atoms with van der Waals surface area (Å²) in [6, 6.07) is 4.44. The van der Waals surface area contributed by atoms with Crippen molar-refractivity contribution in [2.75, 3.05) is 20.1 Å². The Kier molecular flexibility index (Phi) is 4.46. The van der Waals surface area contributed by atoms with E-state index < -0.39 is 18.2 Å². The summed E-state index contributed by atoms with van der Waals surface area (Å²) in [6.07, 6.45) is 5.48. The van der Waals surface area contributed by atoms with E-state index in [-0.39, 0.29) is 23.0 Å². The van der Waals surface area contributed by atoms with Crippen LogP contribution in [0.15, 0.2) is 12.1 Å². The van der Waals surface area contributed by atoms with E-state index in [1.54, 1.807) is 7.05 Å². The van der Waals surface area contributed by atoms with Crippen molar-refractivity contribution in [1.82, 2.24) is 10.2 Å². The Balaban J connectivity index is 1.18. The lowest BCUT2D eigenvalue weighted by molar-refractivity contribution is -0.137. The molecule has 2 bridgehead atoms. The number of rotatable bonds is 8. The van der Waals surface area contributed by atoms with Gasteiger partial charge < -0.3 is 24.8 Å². The molecule has 6 aliphatic rings. The summed E-state index contributed by atoms with van der Waals surface area (Å²) < 4.78 is 12.2. The average Bonchev–Trinajstić information content (AvgIpc) is 3.68. The molecular weight excluding hydrogens is 448 g/mol. The van der Waals surface area contributed by atoms with E-state index in [0.717, 1.165) is 37.3 Å². The molecule has 4 saturated carbocycles. The topological polar surface area (TPSA) is 105 Å². The summed E-state index contributed by atoms with van der Waals surface area (Å²) in [5.41, 5.74) is 2.32. The molecule has 7 rings (SSSR count). The van der Waals surface area contributed by atoms with Crippen molar-refractivity contribution in [3.05, 3.63) is 23.3 Å². The van der Waals surface area contributed by atoms with E-state index >= 15 is 0 Å². The van der Waals surface area contributed by atoms with Gasteiger partial charge in [-0.05, 0) is 79.9 Å². The molecule has 1 amide bonds. The molecule has 1 heterocycles. The van der Waals surface area contributed by atoms with Gasteiger partial charge in [0.2, 0.25) is 0 Å². The lowest BCUT2D eigenvalue weighted by atomic mass is 9.57. The van der Waals surface area contributed by atoms with Crippen molar-refractivity contribution < 1.29 is 29.0 Å². The number of nitrogens with one attached hydrogen (secondary N) is 1. The van der Waals surface area contributed by atoms with Gasteiger partial charge in [0.15, 0.2) is 23.4 Å². The molecule has 0 saturated heterocycles. The van der Waals surface area contributed by atoms with Gasteiger partial charge >= 0.3 is 12.1 Å². The number of amides is 1. The molecule has 5 aliphatic carbocycles. The van der Waals surface area contributed by atoms with Gasteiger partial charge in [-0.1, -0.05) is 6.07 Å². The lowest BCUT2D eigenvalue weighted by Gasteiger charge is -2.45. The van der Waals surface area contributed by atoms with Crippen LogP contribution in [0.2, 0.25) is 0 Å². The molecule has 2 N–H and O–H groups in total.